The van der Waals surface area contributed by atoms with Gasteiger partial charge in [-0.2, -0.15) is 0 Å². The van der Waals surface area contributed by atoms with Crippen LogP contribution in [0.5, 0.6) is 0 Å². The van der Waals surface area contributed by atoms with Crippen LogP contribution in [0.3, 0.4) is 0 Å². The van der Waals surface area contributed by atoms with E-state index >= 15 is 0 Å². The maximum absolute atomic E-state index is 11.1. The number of fused-ring (bicyclic) bond motifs is 1. The van der Waals surface area contributed by atoms with Gasteiger partial charge in [0.15, 0.2) is 5.58 Å². The predicted octanol–water partition coefficient (Wildman–Crippen LogP) is 2.64. The maximum atomic E-state index is 11.1. The van der Waals surface area contributed by atoms with Crippen molar-refractivity contribution in [3.8, 4) is 0 Å². The summed E-state index contributed by atoms with van der Waals surface area (Å²) in [7, 11) is 0. The van der Waals surface area contributed by atoms with Crippen LogP contribution in [0, 0.1) is 12.3 Å². The van der Waals surface area contributed by atoms with E-state index in [1.54, 1.807) is 0 Å². The number of nitrogens with zero attached hydrogens (tertiary/aromatic N) is 1. The van der Waals surface area contributed by atoms with E-state index in [1.807, 2.05) is 25.1 Å². The predicted molar refractivity (Wildman–Crippen MR) is 64.3 cm³/mol. The molecule has 92 valence electrons. The van der Waals surface area contributed by atoms with Gasteiger partial charge >= 0.3 is 5.97 Å². The number of carboxylic acid groups (broad SMARTS) is 1. The van der Waals surface area contributed by atoms with E-state index in [1.165, 1.54) is 0 Å². The topological polar surface area (TPSA) is 63.3 Å². The lowest BCUT2D eigenvalue weighted by Gasteiger charge is -2.66. The number of aromatic nitrogens is 1. The second-order valence-electron chi connectivity index (χ2n) is 5.89. The molecule has 0 aliphatic heterocycles. The summed E-state index contributed by atoms with van der Waals surface area (Å²) >= 11 is 0. The van der Waals surface area contributed by atoms with Crippen LogP contribution < -0.4 is 0 Å². The van der Waals surface area contributed by atoms with E-state index < -0.39 is 11.4 Å². The molecule has 3 fully saturated rings. The number of aliphatic carboxylic acids is 1. The molecule has 0 unspecified atom stereocenters. The van der Waals surface area contributed by atoms with Gasteiger partial charge in [0.05, 0.1) is 10.8 Å². The fourth-order valence-electron chi connectivity index (χ4n) is 3.50. The lowest BCUT2D eigenvalue weighted by molar-refractivity contribution is -0.198. The van der Waals surface area contributed by atoms with Crippen molar-refractivity contribution in [1.29, 1.82) is 0 Å². The highest BCUT2D eigenvalue weighted by Gasteiger charge is 2.74. The lowest BCUT2D eigenvalue weighted by atomic mass is 9.35. The van der Waals surface area contributed by atoms with Gasteiger partial charge < -0.3 is 9.52 Å². The molecular formula is C14H13NO3. The summed E-state index contributed by atoms with van der Waals surface area (Å²) < 4.78 is 5.81. The van der Waals surface area contributed by atoms with Crippen molar-refractivity contribution in [3.63, 3.8) is 0 Å². The SMILES string of the molecule is Cc1ccc2nc(C34CC(C(=O)O)(C3)C4)oc2c1. The van der Waals surface area contributed by atoms with Crippen LogP contribution >= 0.6 is 0 Å². The molecule has 0 radical (unpaired) electrons. The number of benzene rings is 1. The van der Waals surface area contributed by atoms with E-state index in [9.17, 15) is 4.79 Å². The molecule has 2 bridgehead atoms. The molecule has 1 N–H and O–H groups in total. The number of carbonyl (C=O) groups is 1. The highest BCUT2D eigenvalue weighted by atomic mass is 16.4. The third-order valence-corrected chi connectivity index (χ3v) is 4.48. The van der Waals surface area contributed by atoms with Crippen molar-refractivity contribution < 1.29 is 14.3 Å². The van der Waals surface area contributed by atoms with Crippen molar-refractivity contribution in [2.24, 2.45) is 5.41 Å². The minimum absolute atomic E-state index is 0.0919. The second kappa shape index (κ2) is 2.76. The molecule has 2 aromatic rings. The largest absolute Gasteiger partial charge is 0.481 e. The summed E-state index contributed by atoms with van der Waals surface area (Å²) in [5.41, 5.74) is 2.25. The molecule has 0 atom stereocenters. The van der Waals surface area contributed by atoms with Gasteiger partial charge in [-0.15, -0.1) is 0 Å². The summed E-state index contributed by atoms with van der Waals surface area (Å²) in [4.78, 5) is 15.6. The first-order valence-electron chi connectivity index (χ1n) is 6.14. The summed E-state index contributed by atoms with van der Waals surface area (Å²) in [6.07, 6.45) is 2.05. The number of carboxylic acids is 1. The van der Waals surface area contributed by atoms with E-state index in [4.69, 9.17) is 9.52 Å². The number of rotatable bonds is 2. The van der Waals surface area contributed by atoms with Crippen LogP contribution in [-0.4, -0.2) is 16.1 Å². The van der Waals surface area contributed by atoms with Crippen molar-refractivity contribution in [2.45, 2.75) is 31.6 Å². The normalized spacial score (nSPS) is 32.9. The zero-order valence-electron chi connectivity index (χ0n) is 10.1. The Hall–Kier alpha value is -1.84. The maximum Gasteiger partial charge on any atom is 0.309 e. The molecular weight excluding hydrogens is 230 g/mol. The molecule has 3 saturated carbocycles. The minimum atomic E-state index is -0.670. The summed E-state index contributed by atoms with van der Waals surface area (Å²) in [6, 6.07) is 5.94. The molecule has 5 rings (SSSR count). The molecule has 0 amide bonds. The average Bonchev–Trinajstić information content (AvgIpc) is 2.55. The molecule has 1 aromatic carbocycles. The third-order valence-electron chi connectivity index (χ3n) is 4.48. The fourth-order valence-corrected chi connectivity index (χ4v) is 3.50. The molecule has 0 saturated heterocycles. The monoisotopic (exact) mass is 243 g/mol. The van der Waals surface area contributed by atoms with Crippen LogP contribution in [0.25, 0.3) is 11.1 Å². The molecule has 18 heavy (non-hydrogen) atoms. The van der Waals surface area contributed by atoms with E-state index in [0.29, 0.717) is 19.3 Å². The van der Waals surface area contributed by atoms with Crippen molar-refractivity contribution in [1.82, 2.24) is 4.98 Å². The van der Waals surface area contributed by atoms with Crippen LogP contribution in [0.4, 0.5) is 0 Å². The number of oxazole rings is 1. The molecule has 3 aliphatic carbocycles. The number of hydrogen-bond donors (Lipinski definition) is 1. The summed E-state index contributed by atoms with van der Waals surface area (Å²) in [6.45, 7) is 2.02. The van der Waals surface area contributed by atoms with Crippen LogP contribution in [0.15, 0.2) is 22.6 Å². The Balaban J connectivity index is 1.72. The van der Waals surface area contributed by atoms with Crippen LogP contribution in [0.2, 0.25) is 0 Å². The second-order valence-corrected chi connectivity index (χ2v) is 5.89. The van der Waals surface area contributed by atoms with Gasteiger partial charge in [0.25, 0.3) is 0 Å². The van der Waals surface area contributed by atoms with Crippen molar-refractivity contribution in [3.05, 3.63) is 29.7 Å². The zero-order valence-corrected chi connectivity index (χ0v) is 10.1. The first-order chi connectivity index (χ1) is 8.53. The molecule has 4 heteroatoms. The first kappa shape index (κ1) is 10.1. The highest BCUT2D eigenvalue weighted by Crippen LogP contribution is 2.73. The Morgan fingerprint density at radius 2 is 2.11 bits per heavy atom. The number of hydrogen-bond acceptors (Lipinski definition) is 3. The Morgan fingerprint density at radius 3 is 2.78 bits per heavy atom. The molecule has 4 nitrogen and oxygen atoms in total. The molecule has 0 spiro atoms. The Labute approximate surface area is 104 Å². The van der Waals surface area contributed by atoms with Gasteiger partial charge in [-0.3, -0.25) is 4.79 Å². The molecule has 1 heterocycles. The third kappa shape index (κ3) is 1.01. The standard InChI is InChI=1S/C14H13NO3/c1-8-2-3-9-10(4-8)18-11(15-9)13-5-14(6-13,7-13)12(16)17/h2-4H,5-7H2,1H3,(H,16,17). The highest BCUT2D eigenvalue weighted by molar-refractivity contribution is 5.81. The van der Waals surface area contributed by atoms with Gasteiger partial charge in [-0.1, -0.05) is 6.07 Å². The lowest BCUT2D eigenvalue weighted by Crippen LogP contribution is -2.68. The minimum Gasteiger partial charge on any atom is -0.481 e. The van der Waals surface area contributed by atoms with Gasteiger partial charge in [0.2, 0.25) is 5.89 Å². The van der Waals surface area contributed by atoms with Gasteiger partial charge in [0, 0.05) is 0 Å². The van der Waals surface area contributed by atoms with Gasteiger partial charge in [-0.25, -0.2) is 4.98 Å². The first-order valence-corrected chi connectivity index (χ1v) is 6.14. The Morgan fingerprint density at radius 1 is 1.39 bits per heavy atom. The fraction of sp³-hybridized carbons (Fsp3) is 0.429. The van der Waals surface area contributed by atoms with Crippen LogP contribution in [0.1, 0.15) is 30.7 Å². The van der Waals surface area contributed by atoms with E-state index in [0.717, 1.165) is 22.6 Å². The van der Waals surface area contributed by atoms with Crippen molar-refractivity contribution in [2.75, 3.05) is 0 Å². The molecule has 1 aromatic heterocycles. The summed E-state index contributed by atoms with van der Waals surface area (Å²) in [5, 5.41) is 9.12. The Kier molecular flexibility index (Phi) is 1.55. The quantitative estimate of drug-likeness (QED) is 0.880. The Bertz CT molecular complexity index is 666. The average molecular weight is 243 g/mol. The number of aryl methyl sites for hydroxylation is 1. The zero-order chi connectivity index (χ0) is 12.5. The van der Waals surface area contributed by atoms with E-state index in [2.05, 4.69) is 4.98 Å². The van der Waals surface area contributed by atoms with Crippen LogP contribution in [-0.2, 0) is 10.2 Å². The van der Waals surface area contributed by atoms with Crippen molar-refractivity contribution >= 4 is 17.1 Å². The smallest absolute Gasteiger partial charge is 0.309 e. The van der Waals surface area contributed by atoms with Gasteiger partial charge in [0.1, 0.15) is 5.52 Å². The molecule has 3 aliphatic rings. The van der Waals surface area contributed by atoms with E-state index in [-0.39, 0.29) is 5.41 Å². The summed E-state index contributed by atoms with van der Waals surface area (Å²) in [5.74, 6) is 0.0579. The van der Waals surface area contributed by atoms with Gasteiger partial charge in [-0.05, 0) is 43.9 Å².